The predicted octanol–water partition coefficient (Wildman–Crippen LogP) is 4.90. The van der Waals surface area contributed by atoms with Gasteiger partial charge in [-0.2, -0.15) is 0 Å². The Balaban J connectivity index is 3.77. The summed E-state index contributed by atoms with van der Waals surface area (Å²) in [7, 11) is -7.66. The Hall–Kier alpha value is -0.570. The number of halogens is 12. The van der Waals surface area contributed by atoms with Crippen LogP contribution in [0.1, 0.15) is 0 Å². The van der Waals surface area contributed by atoms with Crippen LogP contribution in [0, 0.1) is 0 Å². The van der Waals surface area contributed by atoms with Gasteiger partial charge in [-0.1, -0.05) is 0 Å². The average Bonchev–Trinajstić information content (AvgIpc) is 2.33. The van der Waals surface area contributed by atoms with Crippen molar-refractivity contribution in [1.82, 2.24) is 0 Å². The Kier molecular flexibility index (Phi) is 5.38. The van der Waals surface area contributed by atoms with Crippen molar-refractivity contribution < 1.29 is 70.8 Å². The summed E-state index contributed by atoms with van der Waals surface area (Å²) in [6, 6.07) is 0. The van der Waals surface area contributed by atoms with E-state index in [2.05, 4.69) is 18.1 Å². The van der Waals surface area contributed by atoms with Crippen LogP contribution in [0.3, 0.4) is 0 Å². The Morgan fingerprint density at radius 1 is 0.769 bits per heavy atom. The normalized spacial score (nSPS) is 24.7. The van der Waals surface area contributed by atoms with Crippen molar-refractivity contribution in [2.45, 2.75) is 36.0 Å². The van der Waals surface area contributed by atoms with Gasteiger partial charge in [-0.05, 0) is 0 Å². The van der Waals surface area contributed by atoms with Gasteiger partial charge in [0.2, 0.25) is 0 Å². The van der Waals surface area contributed by atoms with Crippen molar-refractivity contribution in [3.05, 3.63) is 0 Å². The molecule has 158 valence electrons. The van der Waals surface area contributed by atoms with Gasteiger partial charge in [-0.25, -0.2) is 0 Å². The molecule has 17 heteroatoms. The zero-order valence-corrected chi connectivity index (χ0v) is 13.3. The molecule has 0 unspecified atom stereocenters. The molecule has 1 saturated heterocycles. The summed E-state index contributed by atoms with van der Waals surface area (Å²) in [4.78, 5) is 0. The maximum atomic E-state index is 13.2. The Bertz CT molecular complexity index is 495. The third-order valence-corrected chi connectivity index (χ3v) is 7.86. The molecule has 1 heterocycles. The average molecular weight is 440 g/mol. The third-order valence-electron chi connectivity index (χ3n) is 3.57. The quantitative estimate of drug-likeness (QED) is 0.461. The van der Waals surface area contributed by atoms with E-state index >= 15 is 0 Å². The van der Waals surface area contributed by atoms with Gasteiger partial charge in [0, 0.05) is 0 Å². The fraction of sp³-hybridized carbons (Fsp3) is 1.00. The van der Waals surface area contributed by atoms with Crippen LogP contribution >= 0.6 is 7.51 Å². The van der Waals surface area contributed by atoms with Crippen molar-refractivity contribution in [2.24, 2.45) is 0 Å². The summed E-state index contributed by atoms with van der Waals surface area (Å²) in [5.41, 5.74) is 0. The summed E-state index contributed by atoms with van der Waals surface area (Å²) in [5, 5.41) is -5.39. The van der Waals surface area contributed by atoms with E-state index in [9.17, 15) is 52.7 Å². The van der Waals surface area contributed by atoms with Crippen molar-refractivity contribution in [1.29, 1.82) is 0 Å². The van der Waals surface area contributed by atoms with Crippen LogP contribution in [0.4, 0.5) is 52.7 Å². The molecule has 0 aliphatic carbocycles. The minimum atomic E-state index is -7.57. The van der Waals surface area contributed by atoms with Crippen molar-refractivity contribution >= 4 is 7.51 Å². The van der Waals surface area contributed by atoms with Gasteiger partial charge in [0.25, 0.3) is 0 Å². The van der Waals surface area contributed by atoms with Crippen LogP contribution in [0.15, 0.2) is 0 Å². The molecule has 0 aromatic carbocycles. The van der Waals surface area contributed by atoms with E-state index in [4.69, 9.17) is 0 Å². The van der Waals surface area contributed by atoms with E-state index in [1.54, 1.807) is 0 Å². The van der Waals surface area contributed by atoms with Gasteiger partial charge in [-0.15, -0.1) is 0 Å². The molecule has 0 atom stereocenters. The molecule has 1 fully saturated rings. The van der Waals surface area contributed by atoms with Crippen LogP contribution in [0.5, 0.6) is 0 Å². The van der Waals surface area contributed by atoms with Crippen LogP contribution in [0.25, 0.3) is 0 Å². The molecule has 0 spiro atoms. The van der Waals surface area contributed by atoms with E-state index < -0.39 is 50.1 Å². The van der Waals surface area contributed by atoms with Gasteiger partial charge in [0.05, 0.1) is 0 Å². The molecule has 0 radical (unpaired) electrons. The summed E-state index contributed by atoms with van der Waals surface area (Å²) >= 11 is 0. The van der Waals surface area contributed by atoms with E-state index in [1.165, 1.54) is 0 Å². The minimum absolute atomic E-state index is 0.0451. The topological polar surface area (TPSA) is 36.9 Å². The molecule has 0 saturated carbocycles. The molecule has 0 bridgehead atoms. The van der Waals surface area contributed by atoms with Gasteiger partial charge in [0.15, 0.2) is 0 Å². The van der Waals surface area contributed by atoms with E-state index in [-0.39, 0.29) is 14.2 Å². The van der Waals surface area contributed by atoms with Crippen LogP contribution in [-0.4, -0.2) is 56.8 Å². The van der Waals surface area contributed by atoms with Gasteiger partial charge < -0.3 is 0 Å². The maximum absolute atomic E-state index is 13.2. The molecular weight excluding hydrogens is 431 g/mol. The molecule has 0 aromatic rings. The number of hydrogen-bond acceptors (Lipinski definition) is 4. The summed E-state index contributed by atoms with van der Waals surface area (Å²) in [6.07, 6.45) is -31.0. The zero-order chi connectivity index (χ0) is 21.1. The number of alkyl halides is 12. The number of rotatable bonds is 4. The summed E-state index contributed by atoms with van der Waals surface area (Å²) in [6.45, 7) is -2.41. The molecule has 1 rings (SSSR count). The number of hydrogen-bond donors (Lipinski definition) is 0. The van der Waals surface area contributed by atoms with Crippen LogP contribution in [0.2, 0.25) is 0 Å². The van der Waals surface area contributed by atoms with Gasteiger partial charge in [0.1, 0.15) is 0 Å². The fourth-order valence-electron chi connectivity index (χ4n) is 2.28. The van der Waals surface area contributed by atoms with Crippen molar-refractivity contribution in [3.8, 4) is 0 Å². The fourth-order valence-corrected chi connectivity index (χ4v) is 5.81. The van der Waals surface area contributed by atoms with Crippen molar-refractivity contribution in [3.63, 3.8) is 0 Å². The summed E-state index contributed by atoms with van der Waals surface area (Å²) < 4.78 is 170. The first-order valence-electron chi connectivity index (χ1n) is 5.99. The zero-order valence-electron chi connectivity index (χ0n) is 12.4. The Morgan fingerprint density at radius 3 is 1.27 bits per heavy atom. The molecular formula is C9H9F12O4P. The molecule has 0 N–H and O–H groups in total. The SMILES string of the molecule is COP1(OC)(OC(C(F)(F)F)C(F)(F)F)OCC1(C(F)(F)F)C(F)(F)F. The van der Waals surface area contributed by atoms with Crippen LogP contribution in [-0.2, 0) is 18.1 Å². The van der Waals surface area contributed by atoms with Crippen LogP contribution < -0.4 is 0 Å². The second-order valence-electron chi connectivity index (χ2n) is 4.88. The molecule has 26 heavy (non-hydrogen) atoms. The monoisotopic (exact) mass is 440 g/mol. The molecule has 1 aliphatic heterocycles. The second-order valence-corrected chi connectivity index (χ2v) is 8.46. The Labute approximate surface area is 136 Å². The first kappa shape index (κ1) is 23.5. The first-order valence-corrected chi connectivity index (χ1v) is 7.90. The molecule has 4 nitrogen and oxygen atoms in total. The van der Waals surface area contributed by atoms with Gasteiger partial charge >= 0.3 is 135 Å². The summed E-state index contributed by atoms with van der Waals surface area (Å²) in [5.74, 6) is 0. The van der Waals surface area contributed by atoms with Gasteiger partial charge in [-0.3, -0.25) is 0 Å². The van der Waals surface area contributed by atoms with Crippen molar-refractivity contribution in [2.75, 3.05) is 20.8 Å². The van der Waals surface area contributed by atoms with E-state index in [1.807, 2.05) is 0 Å². The molecule has 0 amide bonds. The van der Waals surface area contributed by atoms with E-state index in [0.717, 1.165) is 0 Å². The third kappa shape index (κ3) is 2.93. The predicted molar refractivity (Wildman–Crippen MR) is 58.7 cm³/mol. The second kappa shape index (κ2) is 5.96. The first-order chi connectivity index (χ1) is 11.2. The molecule has 1 aliphatic rings. The standard InChI is InChI=1S/C9H9F12O4P/c1-22-26(23-2,25-4(6(10,11)12)7(13,14)15)5(3-24-26,8(16,17)18)9(19,20)21/h4H,3H2,1-2H3. The van der Waals surface area contributed by atoms with E-state index in [0.29, 0.717) is 0 Å². The Morgan fingerprint density at radius 2 is 1.12 bits per heavy atom. The molecule has 0 aromatic heterocycles.